The zero-order chi connectivity index (χ0) is 14.2. The smallest absolute Gasteiger partial charge is 0.115 e. The summed E-state index contributed by atoms with van der Waals surface area (Å²) in [5.41, 5.74) is 7.23. The van der Waals surface area contributed by atoms with E-state index in [1.165, 1.54) is 50.5 Å². The van der Waals surface area contributed by atoms with Gasteiger partial charge < -0.3 is 10.5 Å². The molecule has 20 heavy (non-hydrogen) atoms. The van der Waals surface area contributed by atoms with Gasteiger partial charge in [-0.1, -0.05) is 43.4 Å². The highest BCUT2D eigenvalue weighted by molar-refractivity contribution is 5.29. The van der Waals surface area contributed by atoms with Crippen molar-refractivity contribution in [2.45, 2.75) is 51.4 Å². The fraction of sp³-hybridized carbons (Fsp3) is 0.667. The van der Waals surface area contributed by atoms with Gasteiger partial charge in [0.1, 0.15) is 5.76 Å². The van der Waals surface area contributed by atoms with E-state index in [1.807, 2.05) is 0 Å². The van der Waals surface area contributed by atoms with Crippen molar-refractivity contribution in [2.75, 3.05) is 13.7 Å². The third kappa shape index (κ3) is 4.52. The van der Waals surface area contributed by atoms with Crippen molar-refractivity contribution in [1.82, 2.24) is 0 Å². The van der Waals surface area contributed by atoms with Crippen LogP contribution in [-0.2, 0) is 4.74 Å². The zero-order valence-corrected chi connectivity index (χ0v) is 12.8. The molecule has 0 aromatic rings. The molecule has 0 aromatic heterocycles. The summed E-state index contributed by atoms with van der Waals surface area (Å²) in [4.78, 5) is 0. The molecule has 0 aromatic carbocycles. The van der Waals surface area contributed by atoms with Crippen LogP contribution in [0, 0.1) is 11.8 Å². The van der Waals surface area contributed by atoms with Gasteiger partial charge in [0.05, 0.1) is 7.11 Å². The molecule has 0 aliphatic heterocycles. The predicted octanol–water partition coefficient (Wildman–Crippen LogP) is 4.34. The quantitative estimate of drug-likeness (QED) is 0.782. The van der Waals surface area contributed by atoms with Crippen molar-refractivity contribution >= 4 is 0 Å². The molecular formula is C18H29NO. The lowest BCUT2D eigenvalue weighted by atomic mass is 9.75. The van der Waals surface area contributed by atoms with Crippen molar-refractivity contribution in [2.24, 2.45) is 17.6 Å². The van der Waals surface area contributed by atoms with Crippen molar-refractivity contribution in [3.8, 4) is 0 Å². The third-order valence-electron chi connectivity index (χ3n) is 4.80. The minimum atomic E-state index is 0.852. The molecule has 2 heteroatoms. The number of hydrogen-bond donors (Lipinski definition) is 1. The van der Waals surface area contributed by atoms with E-state index in [4.69, 9.17) is 10.5 Å². The van der Waals surface area contributed by atoms with Crippen molar-refractivity contribution in [3.63, 3.8) is 0 Å². The fourth-order valence-electron chi connectivity index (χ4n) is 3.60. The second-order valence-electron chi connectivity index (χ2n) is 6.08. The Labute approximate surface area is 123 Å². The van der Waals surface area contributed by atoms with Crippen molar-refractivity contribution in [1.29, 1.82) is 0 Å². The van der Waals surface area contributed by atoms with E-state index < -0.39 is 0 Å². The average molecular weight is 275 g/mol. The number of allylic oxidation sites excluding steroid dienone is 5. The molecule has 0 bridgehead atoms. The van der Waals surface area contributed by atoms with Gasteiger partial charge in [0.2, 0.25) is 0 Å². The summed E-state index contributed by atoms with van der Waals surface area (Å²) in [6.45, 7) is 0.852. The van der Waals surface area contributed by atoms with E-state index in [0.717, 1.165) is 30.6 Å². The first-order valence-electron chi connectivity index (χ1n) is 8.15. The Bertz CT molecular complexity index is 379. The molecule has 1 saturated carbocycles. The minimum absolute atomic E-state index is 0.852. The van der Waals surface area contributed by atoms with Gasteiger partial charge in [-0.15, -0.1) is 0 Å². The molecule has 0 spiro atoms. The van der Waals surface area contributed by atoms with E-state index in [0.29, 0.717) is 0 Å². The van der Waals surface area contributed by atoms with Gasteiger partial charge in [0, 0.05) is 0 Å². The second kappa shape index (κ2) is 8.31. The standard InChI is InChI=1S/C18H29NO/c1-20-18-8-4-5-15(10-12-18)9-11-16-6-2-3-7-17(16)13-14-19/h5,8,10,12,16-17H,2-4,6-7,9,11,13-14,19H2,1H3/t16-,17+/m1/s1. The van der Waals surface area contributed by atoms with Gasteiger partial charge in [-0.2, -0.15) is 0 Å². The van der Waals surface area contributed by atoms with E-state index >= 15 is 0 Å². The Morgan fingerprint density at radius 3 is 2.55 bits per heavy atom. The Balaban J connectivity index is 1.83. The Morgan fingerprint density at radius 1 is 1.10 bits per heavy atom. The van der Waals surface area contributed by atoms with E-state index in [1.54, 1.807) is 7.11 Å². The van der Waals surface area contributed by atoms with Gasteiger partial charge in [-0.05, 0) is 56.2 Å². The zero-order valence-electron chi connectivity index (χ0n) is 12.8. The van der Waals surface area contributed by atoms with Gasteiger partial charge in [-0.3, -0.25) is 0 Å². The normalized spacial score (nSPS) is 26.7. The van der Waals surface area contributed by atoms with Crippen LogP contribution in [0.15, 0.2) is 35.6 Å². The lowest BCUT2D eigenvalue weighted by Crippen LogP contribution is -2.22. The van der Waals surface area contributed by atoms with Crippen LogP contribution in [0.3, 0.4) is 0 Å². The number of nitrogens with two attached hydrogens (primary N) is 1. The summed E-state index contributed by atoms with van der Waals surface area (Å²) in [6.07, 6.45) is 19.1. The number of methoxy groups -OCH3 is 1. The molecule has 0 amide bonds. The molecule has 2 rings (SSSR count). The van der Waals surface area contributed by atoms with Crippen molar-refractivity contribution in [3.05, 3.63) is 35.6 Å². The molecule has 2 aliphatic rings. The van der Waals surface area contributed by atoms with Crippen LogP contribution in [0.4, 0.5) is 0 Å². The molecule has 0 unspecified atom stereocenters. The van der Waals surface area contributed by atoms with Gasteiger partial charge >= 0.3 is 0 Å². The Kier molecular flexibility index (Phi) is 6.38. The summed E-state index contributed by atoms with van der Waals surface area (Å²) in [5, 5.41) is 0. The van der Waals surface area contributed by atoms with Gasteiger partial charge in [-0.25, -0.2) is 0 Å². The average Bonchev–Trinajstić information content (AvgIpc) is 2.72. The van der Waals surface area contributed by atoms with Crippen LogP contribution in [0.1, 0.15) is 51.4 Å². The van der Waals surface area contributed by atoms with E-state index in [2.05, 4.69) is 24.3 Å². The van der Waals surface area contributed by atoms with Crippen LogP contribution < -0.4 is 5.73 Å². The summed E-state index contributed by atoms with van der Waals surface area (Å²) in [7, 11) is 1.74. The number of rotatable bonds is 6. The molecule has 0 heterocycles. The second-order valence-corrected chi connectivity index (χ2v) is 6.08. The first-order valence-corrected chi connectivity index (χ1v) is 8.15. The summed E-state index contributed by atoms with van der Waals surface area (Å²) >= 11 is 0. The monoisotopic (exact) mass is 275 g/mol. The Morgan fingerprint density at radius 2 is 1.85 bits per heavy atom. The summed E-state index contributed by atoms with van der Waals surface area (Å²) < 4.78 is 5.29. The van der Waals surface area contributed by atoms with Crippen LogP contribution in [-0.4, -0.2) is 13.7 Å². The van der Waals surface area contributed by atoms with Gasteiger partial charge in [0.15, 0.2) is 0 Å². The molecule has 2 aliphatic carbocycles. The van der Waals surface area contributed by atoms with Crippen LogP contribution >= 0.6 is 0 Å². The lowest BCUT2D eigenvalue weighted by molar-refractivity contribution is 0.214. The van der Waals surface area contributed by atoms with Crippen molar-refractivity contribution < 1.29 is 4.74 Å². The molecule has 112 valence electrons. The Hall–Kier alpha value is -1.02. The first-order chi connectivity index (χ1) is 9.83. The predicted molar refractivity (Wildman–Crippen MR) is 85.3 cm³/mol. The van der Waals surface area contributed by atoms with Gasteiger partial charge in [0.25, 0.3) is 0 Å². The maximum Gasteiger partial charge on any atom is 0.115 e. The van der Waals surface area contributed by atoms with Crippen LogP contribution in [0.25, 0.3) is 0 Å². The van der Waals surface area contributed by atoms with Crippen LogP contribution in [0.2, 0.25) is 0 Å². The number of hydrogen-bond acceptors (Lipinski definition) is 2. The minimum Gasteiger partial charge on any atom is -0.497 e. The van der Waals surface area contributed by atoms with Crippen LogP contribution in [0.5, 0.6) is 0 Å². The highest BCUT2D eigenvalue weighted by Gasteiger charge is 2.24. The SMILES string of the molecule is COC1=CCC=C(CC[C@H]2CCCC[C@H]2CCN)C=C1. The molecule has 2 N–H and O–H groups in total. The highest BCUT2D eigenvalue weighted by atomic mass is 16.5. The topological polar surface area (TPSA) is 35.2 Å². The van der Waals surface area contributed by atoms with E-state index in [9.17, 15) is 0 Å². The molecule has 0 saturated heterocycles. The lowest BCUT2D eigenvalue weighted by Gasteiger charge is -2.31. The molecule has 2 atom stereocenters. The van der Waals surface area contributed by atoms with E-state index in [-0.39, 0.29) is 0 Å². The summed E-state index contributed by atoms with van der Waals surface area (Å²) in [6, 6.07) is 0. The fourth-order valence-corrected chi connectivity index (χ4v) is 3.60. The molecule has 2 nitrogen and oxygen atoms in total. The third-order valence-corrected chi connectivity index (χ3v) is 4.80. The summed E-state index contributed by atoms with van der Waals surface area (Å²) in [5.74, 6) is 2.74. The maximum atomic E-state index is 5.77. The largest absolute Gasteiger partial charge is 0.497 e. The molecule has 0 radical (unpaired) electrons. The highest BCUT2D eigenvalue weighted by Crippen LogP contribution is 2.36. The molecule has 1 fully saturated rings. The number of ether oxygens (including phenoxy) is 1. The molecular weight excluding hydrogens is 246 g/mol. The maximum absolute atomic E-state index is 5.77. The first kappa shape index (κ1) is 15.4.